The molecule has 1 aromatic heterocycles. The van der Waals surface area contributed by atoms with Crippen molar-refractivity contribution in [3.8, 4) is 0 Å². The lowest BCUT2D eigenvalue weighted by atomic mass is 10.1. The Morgan fingerprint density at radius 2 is 2.05 bits per heavy atom. The molecule has 0 unspecified atom stereocenters. The number of nitrogens with two attached hydrogens (primary N) is 1. The van der Waals surface area contributed by atoms with Crippen LogP contribution in [0.4, 0.5) is 5.13 Å². The van der Waals surface area contributed by atoms with Crippen LogP contribution in [0.25, 0.3) is 0 Å². The first-order chi connectivity index (χ1) is 9.31. The van der Waals surface area contributed by atoms with Crippen molar-refractivity contribution in [2.24, 2.45) is 5.73 Å². The second-order valence-corrected chi connectivity index (χ2v) is 6.49. The third-order valence-corrected chi connectivity index (χ3v) is 5.13. The van der Waals surface area contributed by atoms with Crippen molar-refractivity contribution in [3.63, 3.8) is 0 Å². The van der Waals surface area contributed by atoms with Gasteiger partial charge in [-0.1, -0.05) is 0 Å². The minimum Gasteiger partial charge on any atom is -0.378 e. The first-order valence-electron chi connectivity index (χ1n) is 7.38. The predicted octanol–water partition coefficient (Wildman–Crippen LogP) is 2.48. The summed E-state index contributed by atoms with van der Waals surface area (Å²) in [4.78, 5) is 8.57. The van der Waals surface area contributed by atoms with E-state index in [1.807, 2.05) is 0 Å². The van der Waals surface area contributed by atoms with Crippen LogP contribution in [0.1, 0.15) is 49.1 Å². The van der Waals surface area contributed by atoms with Crippen LogP contribution in [-0.2, 0) is 11.3 Å². The van der Waals surface area contributed by atoms with E-state index in [9.17, 15) is 0 Å². The molecule has 106 valence electrons. The van der Waals surface area contributed by atoms with E-state index in [1.54, 1.807) is 11.3 Å². The minimum absolute atomic E-state index is 0.443. The first kappa shape index (κ1) is 13.3. The van der Waals surface area contributed by atoms with Crippen molar-refractivity contribution in [1.82, 2.24) is 4.98 Å². The highest BCUT2D eigenvalue weighted by molar-refractivity contribution is 7.15. The molecule has 0 aromatic carbocycles. The molecule has 0 spiro atoms. The van der Waals surface area contributed by atoms with Crippen LogP contribution in [0, 0.1) is 0 Å². The summed E-state index contributed by atoms with van der Waals surface area (Å²) in [6.45, 7) is 5.66. The average molecular weight is 281 g/mol. The van der Waals surface area contributed by atoms with Crippen LogP contribution >= 0.6 is 11.3 Å². The van der Waals surface area contributed by atoms with Gasteiger partial charge in [-0.3, -0.25) is 0 Å². The summed E-state index contributed by atoms with van der Waals surface area (Å²) in [5, 5.41) is 1.18. The van der Waals surface area contributed by atoms with E-state index >= 15 is 0 Å². The van der Waals surface area contributed by atoms with Crippen LogP contribution in [0.3, 0.4) is 0 Å². The number of ether oxygens (including phenoxy) is 1. The Kier molecular flexibility index (Phi) is 4.05. The largest absolute Gasteiger partial charge is 0.378 e. The molecule has 2 fully saturated rings. The number of thiazole rings is 1. The number of hydrogen-bond donors (Lipinski definition) is 1. The van der Waals surface area contributed by atoms with Gasteiger partial charge in [0.25, 0.3) is 0 Å². The number of hydrogen-bond acceptors (Lipinski definition) is 5. The predicted molar refractivity (Wildman–Crippen MR) is 78.8 cm³/mol. The van der Waals surface area contributed by atoms with E-state index in [0.29, 0.717) is 18.6 Å². The smallest absolute Gasteiger partial charge is 0.185 e. The molecule has 1 saturated heterocycles. The molecule has 0 amide bonds. The fraction of sp³-hybridized carbons (Fsp3) is 0.786. The Balaban J connectivity index is 1.66. The first-order valence-corrected chi connectivity index (χ1v) is 8.19. The zero-order valence-corrected chi connectivity index (χ0v) is 12.4. The second-order valence-electron chi connectivity index (χ2n) is 5.43. The van der Waals surface area contributed by atoms with Crippen molar-refractivity contribution < 1.29 is 4.74 Å². The normalized spacial score (nSPS) is 21.1. The Labute approximate surface area is 119 Å². The molecule has 4 nitrogen and oxygen atoms in total. The highest BCUT2D eigenvalue weighted by atomic mass is 32.1. The summed E-state index contributed by atoms with van der Waals surface area (Å²) >= 11 is 1.80. The lowest BCUT2D eigenvalue weighted by Crippen LogP contribution is -2.37. The molecule has 0 bridgehead atoms. The van der Waals surface area contributed by atoms with Gasteiger partial charge >= 0.3 is 0 Å². The fourth-order valence-corrected chi connectivity index (χ4v) is 3.83. The fourth-order valence-electron chi connectivity index (χ4n) is 2.76. The monoisotopic (exact) mass is 281 g/mol. The van der Waals surface area contributed by atoms with Crippen molar-refractivity contribution in [2.45, 2.75) is 51.2 Å². The summed E-state index contributed by atoms with van der Waals surface area (Å²) in [7, 11) is 0. The van der Waals surface area contributed by atoms with Gasteiger partial charge in [-0.25, -0.2) is 4.98 Å². The van der Waals surface area contributed by atoms with Crippen molar-refractivity contribution in [2.75, 3.05) is 24.6 Å². The van der Waals surface area contributed by atoms with E-state index in [2.05, 4.69) is 11.8 Å². The quantitative estimate of drug-likeness (QED) is 0.901. The third-order valence-electron chi connectivity index (χ3n) is 3.98. The molecule has 3 rings (SSSR count). The molecule has 1 aliphatic heterocycles. The van der Waals surface area contributed by atoms with E-state index < -0.39 is 0 Å². The summed E-state index contributed by atoms with van der Waals surface area (Å²) in [5.74, 6) is 0.699. The second kappa shape index (κ2) is 5.77. The van der Waals surface area contributed by atoms with Gasteiger partial charge in [-0.15, -0.1) is 11.3 Å². The Morgan fingerprint density at radius 3 is 2.63 bits per heavy atom. The Bertz CT molecular complexity index is 422. The molecule has 1 aliphatic carbocycles. The number of rotatable bonds is 5. The molecule has 0 radical (unpaired) electrons. The van der Waals surface area contributed by atoms with Gasteiger partial charge in [0.2, 0.25) is 0 Å². The van der Waals surface area contributed by atoms with Gasteiger partial charge in [-0.05, 0) is 32.6 Å². The maximum atomic E-state index is 5.85. The lowest BCUT2D eigenvalue weighted by Gasteiger charge is -2.31. The van der Waals surface area contributed by atoms with Gasteiger partial charge in [0.1, 0.15) is 0 Å². The van der Waals surface area contributed by atoms with Crippen LogP contribution < -0.4 is 10.6 Å². The van der Waals surface area contributed by atoms with E-state index in [-0.39, 0.29) is 0 Å². The van der Waals surface area contributed by atoms with Crippen molar-refractivity contribution >= 4 is 16.5 Å². The van der Waals surface area contributed by atoms with E-state index in [0.717, 1.165) is 32.5 Å². The van der Waals surface area contributed by atoms with Crippen molar-refractivity contribution in [3.05, 3.63) is 10.6 Å². The van der Waals surface area contributed by atoms with Crippen LogP contribution in [0.15, 0.2) is 0 Å². The maximum Gasteiger partial charge on any atom is 0.185 e. The number of anilines is 1. The standard InChI is InChI=1S/C14H23N3OS/c1-2-18-11-5-7-17(8-6-11)14-16-13(10-3-4-10)12(9-15)19-14/h10-11H,2-9,15H2,1H3. The molecular formula is C14H23N3OS. The lowest BCUT2D eigenvalue weighted by molar-refractivity contribution is 0.0459. The molecule has 2 N–H and O–H groups in total. The number of nitrogens with zero attached hydrogens (tertiary/aromatic N) is 2. The summed E-state index contributed by atoms with van der Waals surface area (Å²) in [5.41, 5.74) is 7.14. The zero-order valence-electron chi connectivity index (χ0n) is 11.6. The summed E-state index contributed by atoms with van der Waals surface area (Å²) in [6.07, 6.45) is 5.26. The third kappa shape index (κ3) is 2.93. The summed E-state index contributed by atoms with van der Waals surface area (Å²) in [6, 6.07) is 0. The SMILES string of the molecule is CCOC1CCN(c2nc(C3CC3)c(CN)s2)CC1. The topological polar surface area (TPSA) is 51.4 Å². The summed E-state index contributed by atoms with van der Waals surface area (Å²) < 4.78 is 5.70. The highest BCUT2D eigenvalue weighted by Gasteiger charge is 2.30. The van der Waals surface area contributed by atoms with Crippen LogP contribution in [-0.4, -0.2) is 30.8 Å². The average Bonchev–Trinajstić information content (AvgIpc) is 3.19. The minimum atomic E-state index is 0.443. The Morgan fingerprint density at radius 1 is 1.32 bits per heavy atom. The van der Waals surface area contributed by atoms with Crippen molar-refractivity contribution in [1.29, 1.82) is 0 Å². The molecule has 2 heterocycles. The van der Waals surface area contributed by atoms with Gasteiger partial charge in [0.15, 0.2) is 5.13 Å². The van der Waals surface area contributed by atoms with Gasteiger partial charge in [-0.2, -0.15) is 0 Å². The Hall–Kier alpha value is -0.650. The molecule has 0 atom stereocenters. The van der Waals surface area contributed by atoms with E-state index in [1.165, 1.54) is 28.5 Å². The number of aromatic nitrogens is 1. The molecule has 19 heavy (non-hydrogen) atoms. The zero-order chi connectivity index (χ0) is 13.2. The van der Waals surface area contributed by atoms with Crippen LogP contribution in [0.5, 0.6) is 0 Å². The van der Waals surface area contributed by atoms with Gasteiger partial charge in [0, 0.05) is 37.0 Å². The highest BCUT2D eigenvalue weighted by Crippen LogP contribution is 2.44. The molecule has 1 aromatic rings. The molecule has 2 aliphatic rings. The molecular weight excluding hydrogens is 258 g/mol. The molecule has 1 saturated carbocycles. The van der Waals surface area contributed by atoms with Gasteiger partial charge < -0.3 is 15.4 Å². The van der Waals surface area contributed by atoms with Crippen LogP contribution in [0.2, 0.25) is 0 Å². The van der Waals surface area contributed by atoms with Gasteiger partial charge in [0.05, 0.1) is 11.8 Å². The molecule has 5 heteroatoms. The number of piperidine rings is 1. The van der Waals surface area contributed by atoms with E-state index in [4.69, 9.17) is 15.5 Å². The maximum absolute atomic E-state index is 5.85.